The van der Waals surface area contributed by atoms with E-state index in [0.29, 0.717) is 6.42 Å². The van der Waals surface area contributed by atoms with Crippen LogP contribution in [0.5, 0.6) is 0 Å². The van der Waals surface area contributed by atoms with Gasteiger partial charge in [-0.1, -0.05) is 0 Å². The van der Waals surface area contributed by atoms with E-state index in [0.717, 1.165) is 39.7 Å². The van der Waals surface area contributed by atoms with Crippen molar-refractivity contribution in [1.29, 1.82) is 0 Å². The molecule has 0 aromatic carbocycles. The molecular formula is C13H15N3O2S. The van der Waals surface area contributed by atoms with Crippen molar-refractivity contribution in [3.8, 4) is 10.6 Å². The summed E-state index contributed by atoms with van der Waals surface area (Å²) in [4.78, 5) is 17.0. The maximum atomic E-state index is 11.3. The van der Waals surface area contributed by atoms with Gasteiger partial charge in [0.1, 0.15) is 5.01 Å². The molecule has 2 aromatic heterocycles. The average Bonchev–Trinajstić information content (AvgIpc) is 2.93. The van der Waals surface area contributed by atoms with Crippen LogP contribution in [-0.4, -0.2) is 25.8 Å². The quantitative estimate of drug-likeness (QED) is 0.915. The molecule has 1 aliphatic rings. The van der Waals surface area contributed by atoms with E-state index in [1.54, 1.807) is 17.5 Å². The van der Waals surface area contributed by atoms with Gasteiger partial charge in [0.05, 0.1) is 23.4 Å². The van der Waals surface area contributed by atoms with Crippen molar-refractivity contribution in [2.45, 2.75) is 32.1 Å². The Kier molecular flexibility index (Phi) is 2.89. The van der Waals surface area contributed by atoms with Crippen molar-refractivity contribution in [3.05, 3.63) is 22.5 Å². The highest BCUT2D eigenvalue weighted by molar-refractivity contribution is 7.15. The van der Waals surface area contributed by atoms with Crippen molar-refractivity contribution >= 4 is 17.3 Å². The lowest BCUT2D eigenvalue weighted by molar-refractivity contribution is -0.139. The molecule has 0 spiro atoms. The van der Waals surface area contributed by atoms with Gasteiger partial charge < -0.3 is 5.11 Å². The zero-order valence-electron chi connectivity index (χ0n) is 10.9. The number of hydrogen-bond acceptors (Lipinski definition) is 4. The number of aliphatic carboxylic acids is 1. The first-order chi connectivity index (χ1) is 9.08. The zero-order chi connectivity index (χ0) is 13.6. The fourth-order valence-electron chi connectivity index (χ4n) is 2.48. The van der Waals surface area contributed by atoms with E-state index in [1.807, 2.05) is 18.7 Å². The first kappa shape index (κ1) is 12.3. The topological polar surface area (TPSA) is 68.0 Å². The fraction of sp³-hybridized carbons (Fsp3) is 0.462. The van der Waals surface area contributed by atoms with Crippen molar-refractivity contribution in [2.24, 2.45) is 7.05 Å². The lowest BCUT2D eigenvalue weighted by Gasteiger charge is -2.16. The number of hydrogen-bond donors (Lipinski definition) is 1. The third-order valence-electron chi connectivity index (χ3n) is 3.72. The Labute approximate surface area is 114 Å². The summed E-state index contributed by atoms with van der Waals surface area (Å²) in [6.45, 7) is 2.00. The molecule has 5 nitrogen and oxygen atoms in total. The van der Waals surface area contributed by atoms with Crippen LogP contribution in [0.1, 0.15) is 35.0 Å². The number of aromatic nitrogens is 3. The SMILES string of the molecule is Cc1c(-c2nc3c(s2)CCCC3C(=O)O)cnn1C. The summed E-state index contributed by atoms with van der Waals surface area (Å²) in [5.74, 6) is -1.20. The number of carbonyl (C=O) groups is 1. The molecule has 0 saturated carbocycles. The molecule has 0 bridgehead atoms. The lowest BCUT2D eigenvalue weighted by atomic mass is 9.91. The van der Waals surface area contributed by atoms with Crippen molar-refractivity contribution in [1.82, 2.24) is 14.8 Å². The molecule has 0 aliphatic heterocycles. The molecule has 3 rings (SSSR count). The van der Waals surface area contributed by atoms with Gasteiger partial charge in [-0.05, 0) is 26.2 Å². The van der Waals surface area contributed by atoms with Gasteiger partial charge in [0, 0.05) is 17.6 Å². The van der Waals surface area contributed by atoms with Crippen molar-refractivity contribution in [3.63, 3.8) is 0 Å². The molecule has 0 saturated heterocycles. The summed E-state index contributed by atoms with van der Waals surface area (Å²) in [7, 11) is 1.90. The zero-order valence-corrected chi connectivity index (χ0v) is 11.7. The third kappa shape index (κ3) is 1.96. The number of carboxylic acid groups (broad SMARTS) is 1. The molecule has 0 amide bonds. The highest BCUT2D eigenvalue weighted by atomic mass is 32.1. The molecule has 1 aliphatic carbocycles. The highest BCUT2D eigenvalue weighted by Crippen LogP contribution is 2.38. The average molecular weight is 277 g/mol. The van der Waals surface area contributed by atoms with Crippen LogP contribution in [0.3, 0.4) is 0 Å². The molecular weight excluding hydrogens is 262 g/mol. The second-order valence-corrected chi connectivity index (χ2v) is 5.96. The number of fused-ring (bicyclic) bond motifs is 1. The van der Waals surface area contributed by atoms with Gasteiger partial charge >= 0.3 is 5.97 Å². The van der Waals surface area contributed by atoms with E-state index in [2.05, 4.69) is 10.1 Å². The summed E-state index contributed by atoms with van der Waals surface area (Å²) in [6.07, 6.45) is 4.36. The van der Waals surface area contributed by atoms with Crippen LogP contribution in [0.15, 0.2) is 6.20 Å². The standard InChI is InChI=1S/C13H15N3O2S/c1-7-9(6-14-16(7)2)12-15-11-8(13(17)18)4-3-5-10(11)19-12/h6,8H,3-5H2,1-2H3,(H,17,18). The van der Waals surface area contributed by atoms with Crippen LogP contribution in [-0.2, 0) is 18.3 Å². The molecule has 0 fully saturated rings. The van der Waals surface area contributed by atoms with Crippen molar-refractivity contribution in [2.75, 3.05) is 0 Å². The van der Waals surface area contributed by atoms with Gasteiger partial charge in [0.2, 0.25) is 0 Å². The minimum atomic E-state index is -0.763. The first-order valence-corrected chi connectivity index (χ1v) is 7.11. The molecule has 1 atom stereocenters. The summed E-state index contributed by atoms with van der Waals surface area (Å²) in [5.41, 5.74) is 2.83. The van der Waals surface area contributed by atoms with E-state index in [4.69, 9.17) is 0 Å². The number of thiazole rings is 1. The largest absolute Gasteiger partial charge is 0.481 e. The van der Waals surface area contributed by atoms with Gasteiger partial charge in [0.15, 0.2) is 0 Å². The van der Waals surface area contributed by atoms with E-state index in [-0.39, 0.29) is 0 Å². The third-order valence-corrected chi connectivity index (χ3v) is 4.88. The van der Waals surface area contributed by atoms with E-state index in [9.17, 15) is 9.90 Å². The molecule has 19 heavy (non-hydrogen) atoms. The van der Waals surface area contributed by atoms with E-state index >= 15 is 0 Å². The predicted octanol–water partition coefficient (Wildman–Crippen LogP) is 2.36. The molecule has 2 aromatic rings. The lowest BCUT2D eigenvalue weighted by Crippen LogP contribution is -2.17. The van der Waals surface area contributed by atoms with Crippen molar-refractivity contribution < 1.29 is 9.90 Å². The minimum absolute atomic E-state index is 0.439. The van der Waals surface area contributed by atoms with Crippen LogP contribution < -0.4 is 0 Å². The Morgan fingerprint density at radius 1 is 1.58 bits per heavy atom. The van der Waals surface area contributed by atoms with E-state index in [1.165, 1.54) is 0 Å². The van der Waals surface area contributed by atoms with Gasteiger partial charge in [0.25, 0.3) is 0 Å². The number of rotatable bonds is 2. The highest BCUT2D eigenvalue weighted by Gasteiger charge is 2.30. The minimum Gasteiger partial charge on any atom is -0.481 e. The summed E-state index contributed by atoms with van der Waals surface area (Å²) in [5, 5.41) is 14.4. The Morgan fingerprint density at radius 2 is 2.37 bits per heavy atom. The molecule has 100 valence electrons. The predicted molar refractivity (Wildman–Crippen MR) is 72.4 cm³/mol. The van der Waals surface area contributed by atoms with E-state index < -0.39 is 11.9 Å². The number of carboxylic acids is 1. The normalized spacial score (nSPS) is 18.3. The Morgan fingerprint density at radius 3 is 3.00 bits per heavy atom. The van der Waals surface area contributed by atoms with Crippen LogP contribution in [0, 0.1) is 6.92 Å². The summed E-state index contributed by atoms with van der Waals surface area (Å²) >= 11 is 1.61. The second kappa shape index (κ2) is 4.45. The van der Waals surface area contributed by atoms with Gasteiger partial charge in [-0.15, -0.1) is 11.3 Å². The summed E-state index contributed by atoms with van der Waals surface area (Å²) < 4.78 is 1.81. The molecule has 0 radical (unpaired) electrons. The smallest absolute Gasteiger partial charge is 0.312 e. The maximum Gasteiger partial charge on any atom is 0.312 e. The Hall–Kier alpha value is -1.69. The van der Waals surface area contributed by atoms with Crippen LogP contribution in [0.2, 0.25) is 0 Å². The van der Waals surface area contributed by atoms with Crippen LogP contribution >= 0.6 is 11.3 Å². The molecule has 1 N–H and O–H groups in total. The first-order valence-electron chi connectivity index (χ1n) is 6.29. The maximum absolute atomic E-state index is 11.3. The fourth-order valence-corrected chi connectivity index (χ4v) is 3.71. The molecule has 2 heterocycles. The van der Waals surface area contributed by atoms with Crippen LogP contribution in [0.4, 0.5) is 0 Å². The Bertz CT molecular complexity index is 644. The monoisotopic (exact) mass is 277 g/mol. The summed E-state index contributed by atoms with van der Waals surface area (Å²) in [6, 6.07) is 0. The molecule has 6 heteroatoms. The molecule has 1 unspecified atom stereocenters. The van der Waals surface area contributed by atoms with Gasteiger partial charge in [-0.3, -0.25) is 9.48 Å². The van der Waals surface area contributed by atoms with Gasteiger partial charge in [-0.25, -0.2) is 4.98 Å². The number of aryl methyl sites for hydroxylation is 2. The van der Waals surface area contributed by atoms with Gasteiger partial charge in [-0.2, -0.15) is 5.10 Å². The van der Waals surface area contributed by atoms with Crippen LogP contribution in [0.25, 0.3) is 10.6 Å². The second-order valence-electron chi connectivity index (χ2n) is 4.88. The Balaban J connectivity index is 2.07. The number of nitrogens with zero attached hydrogens (tertiary/aromatic N) is 3.